The van der Waals surface area contributed by atoms with E-state index in [-0.39, 0.29) is 17.2 Å². The average Bonchev–Trinajstić information content (AvgIpc) is 3.23. The highest BCUT2D eigenvalue weighted by Gasteiger charge is 2.34. The van der Waals surface area contributed by atoms with Crippen LogP contribution in [0.2, 0.25) is 5.02 Å². The Labute approximate surface area is 142 Å². The topological polar surface area (TPSA) is 54.9 Å². The van der Waals surface area contributed by atoms with E-state index >= 15 is 0 Å². The Kier molecular flexibility index (Phi) is 5.00. The van der Waals surface area contributed by atoms with Gasteiger partial charge in [0.2, 0.25) is 5.91 Å². The molecule has 2 atom stereocenters. The van der Waals surface area contributed by atoms with Crippen LogP contribution in [0, 0.1) is 5.92 Å². The zero-order valence-corrected chi connectivity index (χ0v) is 14.4. The monoisotopic (exact) mass is 353 g/mol. The lowest BCUT2D eigenvalue weighted by molar-refractivity contribution is -0.121. The third-order valence-electron chi connectivity index (χ3n) is 3.61. The number of thioether (sulfide) groups is 1. The summed E-state index contributed by atoms with van der Waals surface area (Å²) in [5, 5.41) is 11.5. The van der Waals surface area contributed by atoms with Crippen molar-refractivity contribution in [2.24, 2.45) is 5.92 Å². The van der Waals surface area contributed by atoms with Crippen LogP contribution in [0.1, 0.15) is 31.4 Å². The maximum absolute atomic E-state index is 12.5. The predicted molar refractivity (Wildman–Crippen MR) is 90.3 cm³/mol. The molecule has 2 unspecified atom stereocenters. The number of amides is 1. The molecule has 0 bridgehead atoms. The largest absolute Gasteiger partial charge is 0.348 e. The fourth-order valence-electron chi connectivity index (χ4n) is 2.26. The van der Waals surface area contributed by atoms with Crippen LogP contribution >= 0.6 is 34.7 Å². The number of carbonyl (C=O) groups excluding carboxylic acids is 1. The van der Waals surface area contributed by atoms with Gasteiger partial charge in [0.1, 0.15) is 5.51 Å². The fourth-order valence-corrected chi connectivity index (χ4v) is 4.02. The predicted octanol–water partition coefficient (Wildman–Crippen LogP) is 3.94. The molecule has 1 N–H and O–H groups in total. The van der Waals surface area contributed by atoms with E-state index in [1.807, 2.05) is 31.2 Å². The highest BCUT2D eigenvalue weighted by atomic mass is 35.5. The Morgan fingerprint density at radius 3 is 2.73 bits per heavy atom. The summed E-state index contributed by atoms with van der Waals surface area (Å²) >= 11 is 8.84. The van der Waals surface area contributed by atoms with Crippen molar-refractivity contribution < 1.29 is 4.79 Å². The highest BCUT2D eigenvalue weighted by molar-refractivity contribution is 8.02. The number of aromatic nitrogens is 2. The van der Waals surface area contributed by atoms with Crippen molar-refractivity contribution in [1.82, 2.24) is 15.5 Å². The molecule has 2 aromatic rings. The van der Waals surface area contributed by atoms with Gasteiger partial charge in [-0.2, -0.15) is 0 Å². The molecule has 4 nitrogen and oxygen atoms in total. The second-order valence-corrected chi connectivity index (χ2v) is 8.20. The zero-order valence-electron chi connectivity index (χ0n) is 12.0. The molecule has 1 aromatic carbocycles. The van der Waals surface area contributed by atoms with Gasteiger partial charge in [0.25, 0.3) is 0 Å². The van der Waals surface area contributed by atoms with Gasteiger partial charge in [-0.05, 0) is 43.4 Å². The van der Waals surface area contributed by atoms with E-state index < -0.39 is 0 Å². The molecule has 1 fully saturated rings. The lowest BCUT2D eigenvalue weighted by Gasteiger charge is -2.21. The summed E-state index contributed by atoms with van der Waals surface area (Å²) in [5.74, 6) is 0.566. The molecule has 1 amide bonds. The normalized spacial score (nSPS) is 17.0. The van der Waals surface area contributed by atoms with Gasteiger partial charge in [0.05, 0.1) is 11.3 Å². The molecule has 0 saturated heterocycles. The third-order valence-corrected chi connectivity index (χ3v) is 5.77. The molecule has 22 heavy (non-hydrogen) atoms. The van der Waals surface area contributed by atoms with Crippen molar-refractivity contribution in [2.45, 2.75) is 35.4 Å². The minimum atomic E-state index is -0.193. The molecule has 1 aliphatic rings. The Morgan fingerprint density at radius 1 is 1.41 bits per heavy atom. The molecular weight excluding hydrogens is 338 g/mol. The lowest BCUT2D eigenvalue weighted by atomic mass is 10.0. The van der Waals surface area contributed by atoms with E-state index in [9.17, 15) is 4.79 Å². The first kappa shape index (κ1) is 15.8. The Morgan fingerprint density at radius 2 is 2.14 bits per heavy atom. The first-order valence-electron chi connectivity index (χ1n) is 7.12. The van der Waals surface area contributed by atoms with Crippen molar-refractivity contribution in [1.29, 1.82) is 0 Å². The molecule has 1 heterocycles. The van der Waals surface area contributed by atoms with Gasteiger partial charge in [0, 0.05) is 5.02 Å². The summed E-state index contributed by atoms with van der Waals surface area (Å²) in [7, 11) is 0. The van der Waals surface area contributed by atoms with Crippen LogP contribution in [-0.2, 0) is 4.79 Å². The SMILES string of the molecule is CC(Sc1nncs1)C(=O)NC(c1ccc(Cl)cc1)C1CC1. The van der Waals surface area contributed by atoms with Crippen LogP contribution in [0.5, 0.6) is 0 Å². The van der Waals surface area contributed by atoms with E-state index in [0.717, 1.165) is 22.7 Å². The van der Waals surface area contributed by atoms with Crippen LogP contribution in [0.3, 0.4) is 0 Å². The smallest absolute Gasteiger partial charge is 0.233 e. The summed E-state index contributed by atoms with van der Waals surface area (Å²) in [6.07, 6.45) is 2.32. The fraction of sp³-hybridized carbons (Fsp3) is 0.400. The quantitative estimate of drug-likeness (QED) is 0.799. The van der Waals surface area contributed by atoms with Gasteiger partial charge in [0.15, 0.2) is 4.34 Å². The van der Waals surface area contributed by atoms with Crippen molar-refractivity contribution in [2.75, 3.05) is 0 Å². The number of hydrogen-bond acceptors (Lipinski definition) is 5. The van der Waals surface area contributed by atoms with E-state index in [0.29, 0.717) is 10.9 Å². The van der Waals surface area contributed by atoms with Crippen LogP contribution in [-0.4, -0.2) is 21.4 Å². The highest BCUT2D eigenvalue weighted by Crippen LogP contribution is 2.41. The molecular formula is C15H16ClN3OS2. The lowest BCUT2D eigenvalue weighted by Crippen LogP contribution is -2.35. The number of nitrogens with one attached hydrogen (secondary N) is 1. The van der Waals surface area contributed by atoms with E-state index in [4.69, 9.17) is 11.6 Å². The van der Waals surface area contributed by atoms with Crippen LogP contribution < -0.4 is 5.32 Å². The van der Waals surface area contributed by atoms with Crippen LogP contribution in [0.25, 0.3) is 0 Å². The molecule has 116 valence electrons. The molecule has 1 saturated carbocycles. The zero-order chi connectivity index (χ0) is 15.5. The Hall–Kier alpha value is -1.11. The second-order valence-electron chi connectivity index (χ2n) is 5.34. The summed E-state index contributed by atoms with van der Waals surface area (Å²) in [6, 6.07) is 7.81. The number of hydrogen-bond donors (Lipinski definition) is 1. The minimum absolute atomic E-state index is 0.0343. The van der Waals surface area contributed by atoms with Crippen molar-refractivity contribution in [3.05, 3.63) is 40.4 Å². The average molecular weight is 354 g/mol. The molecule has 1 aliphatic carbocycles. The Balaban J connectivity index is 1.65. The number of benzene rings is 1. The molecule has 3 rings (SSSR count). The van der Waals surface area contributed by atoms with Gasteiger partial charge < -0.3 is 5.32 Å². The second kappa shape index (κ2) is 6.98. The van der Waals surface area contributed by atoms with Crippen molar-refractivity contribution in [3.63, 3.8) is 0 Å². The van der Waals surface area contributed by atoms with Gasteiger partial charge in [-0.3, -0.25) is 4.79 Å². The van der Waals surface area contributed by atoms with Crippen LogP contribution in [0.4, 0.5) is 0 Å². The van der Waals surface area contributed by atoms with Gasteiger partial charge >= 0.3 is 0 Å². The van der Waals surface area contributed by atoms with E-state index in [1.165, 1.54) is 23.1 Å². The van der Waals surface area contributed by atoms with Gasteiger partial charge in [-0.15, -0.1) is 10.2 Å². The maximum Gasteiger partial charge on any atom is 0.233 e. The minimum Gasteiger partial charge on any atom is -0.348 e. The van der Waals surface area contributed by atoms with E-state index in [1.54, 1.807) is 5.51 Å². The third kappa shape index (κ3) is 4.00. The Bertz CT molecular complexity index is 629. The number of rotatable bonds is 6. The first-order chi connectivity index (χ1) is 10.6. The number of carbonyl (C=O) groups is 1. The van der Waals surface area contributed by atoms with E-state index in [2.05, 4.69) is 15.5 Å². The van der Waals surface area contributed by atoms with Gasteiger partial charge in [-0.1, -0.05) is 46.8 Å². The number of halogens is 1. The molecule has 0 spiro atoms. The molecule has 7 heteroatoms. The number of nitrogens with zero attached hydrogens (tertiary/aromatic N) is 2. The summed E-state index contributed by atoms with van der Waals surface area (Å²) < 4.78 is 0.817. The molecule has 0 aliphatic heterocycles. The summed E-state index contributed by atoms with van der Waals surface area (Å²) in [4.78, 5) is 12.5. The summed E-state index contributed by atoms with van der Waals surface area (Å²) in [6.45, 7) is 1.90. The van der Waals surface area contributed by atoms with Crippen molar-refractivity contribution in [3.8, 4) is 0 Å². The molecule has 0 radical (unpaired) electrons. The standard InChI is InChI=1S/C15H16ClN3OS2/c1-9(22-15-19-17-8-21-15)14(20)18-13(10-2-3-10)11-4-6-12(16)7-5-11/h4-10,13H,2-3H2,1H3,(H,18,20). The molecule has 1 aromatic heterocycles. The summed E-state index contributed by atoms with van der Waals surface area (Å²) in [5.41, 5.74) is 2.79. The maximum atomic E-state index is 12.5. The van der Waals surface area contributed by atoms with Gasteiger partial charge in [-0.25, -0.2) is 0 Å². The van der Waals surface area contributed by atoms with Crippen LogP contribution in [0.15, 0.2) is 34.1 Å². The first-order valence-corrected chi connectivity index (χ1v) is 9.26. The van der Waals surface area contributed by atoms with Crippen molar-refractivity contribution >= 4 is 40.6 Å².